The number of piperidine rings is 1. The van der Waals surface area contributed by atoms with Crippen molar-refractivity contribution < 1.29 is 27.5 Å². The third kappa shape index (κ3) is 4.84. The Balaban J connectivity index is 1.62. The lowest BCUT2D eigenvalue weighted by atomic mass is 9.94. The first kappa shape index (κ1) is 21.4. The first-order valence-corrected chi connectivity index (χ1v) is 11.2. The zero-order valence-electron chi connectivity index (χ0n) is 16.7. The van der Waals surface area contributed by atoms with Crippen LogP contribution in [0.3, 0.4) is 0 Å². The van der Waals surface area contributed by atoms with Gasteiger partial charge in [0.15, 0.2) is 6.61 Å². The molecule has 2 amide bonds. The Morgan fingerprint density at radius 2 is 1.72 bits per heavy atom. The third-order valence-electron chi connectivity index (χ3n) is 5.26. The molecule has 158 valence electrons. The smallest absolute Gasteiger partial charge is 0.338 e. The minimum atomic E-state index is -3.63. The quantitative estimate of drug-likeness (QED) is 0.669. The second kappa shape index (κ2) is 8.62. The number of sulfonamides is 1. The highest BCUT2D eigenvalue weighted by atomic mass is 32.2. The second-order valence-electron chi connectivity index (χ2n) is 7.91. The topological polar surface area (TPSA) is 101 Å². The van der Waals surface area contributed by atoms with E-state index in [-0.39, 0.29) is 16.4 Å². The van der Waals surface area contributed by atoms with Crippen LogP contribution in [0.15, 0.2) is 29.2 Å². The Kier molecular flexibility index (Phi) is 6.38. The van der Waals surface area contributed by atoms with E-state index in [0.29, 0.717) is 44.3 Å². The number of benzene rings is 1. The first-order chi connectivity index (χ1) is 13.7. The summed E-state index contributed by atoms with van der Waals surface area (Å²) in [6.45, 7) is 4.86. The number of likely N-dealkylation sites (tertiary alicyclic amines) is 1. The number of esters is 1. The van der Waals surface area contributed by atoms with Gasteiger partial charge in [-0.05, 0) is 48.9 Å². The van der Waals surface area contributed by atoms with Crippen molar-refractivity contribution in [2.45, 2.75) is 38.0 Å². The van der Waals surface area contributed by atoms with E-state index in [2.05, 4.69) is 0 Å². The van der Waals surface area contributed by atoms with Crippen LogP contribution >= 0.6 is 0 Å². The maximum Gasteiger partial charge on any atom is 0.338 e. The predicted octanol–water partition coefficient (Wildman–Crippen LogP) is 1.66. The molecule has 9 heteroatoms. The van der Waals surface area contributed by atoms with Crippen LogP contribution in [0.25, 0.3) is 0 Å². The maximum atomic E-state index is 12.9. The van der Waals surface area contributed by atoms with Gasteiger partial charge in [-0.1, -0.05) is 13.8 Å². The van der Waals surface area contributed by atoms with Gasteiger partial charge in [-0.2, -0.15) is 4.31 Å². The highest BCUT2D eigenvalue weighted by Crippen LogP contribution is 2.26. The van der Waals surface area contributed by atoms with Crippen LogP contribution in [0.2, 0.25) is 0 Å². The normalized spacial score (nSPS) is 23.2. The van der Waals surface area contributed by atoms with Gasteiger partial charge in [0.2, 0.25) is 15.9 Å². The molecule has 2 fully saturated rings. The van der Waals surface area contributed by atoms with Crippen molar-refractivity contribution in [3.8, 4) is 0 Å². The van der Waals surface area contributed by atoms with Crippen LogP contribution in [0.4, 0.5) is 0 Å². The number of imide groups is 1. The largest absolute Gasteiger partial charge is 0.452 e. The molecule has 3 rings (SSSR count). The van der Waals surface area contributed by atoms with Crippen molar-refractivity contribution in [3.05, 3.63) is 29.8 Å². The summed E-state index contributed by atoms with van der Waals surface area (Å²) in [5, 5.41) is 0. The highest BCUT2D eigenvalue weighted by molar-refractivity contribution is 7.89. The van der Waals surface area contributed by atoms with Gasteiger partial charge in [-0.25, -0.2) is 13.2 Å². The van der Waals surface area contributed by atoms with Crippen LogP contribution in [0, 0.1) is 11.8 Å². The molecule has 1 aromatic rings. The molecule has 8 nitrogen and oxygen atoms in total. The number of hydrogen-bond acceptors (Lipinski definition) is 6. The van der Waals surface area contributed by atoms with Crippen molar-refractivity contribution in [1.29, 1.82) is 0 Å². The first-order valence-electron chi connectivity index (χ1n) is 9.79. The van der Waals surface area contributed by atoms with E-state index in [1.807, 2.05) is 13.8 Å². The zero-order chi connectivity index (χ0) is 21.2. The van der Waals surface area contributed by atoms with E-state index in [4.69, 9.17) is 4.74 Å². The summed E-state index contributed by atoms with van der Waals surface area (Å²) >= 11 is 0. The number of carbonyl (C=O) groups is 3. The number of nitrogens with zero attached hydrogens (tertiary/aromatic N) is 2. The average Bonchev–Trinajstić information content (AvgIpc) is 3.11. The van der Waals surface area contributed by atoms with Crippen molar-refractivity contribution in [2.24, 2.45) is 11.8 Å². The molecule has 0 spiro atoms. The zero-order valence-corrected chi connectivity index (χ0v) is 17.5. The van der Waals surface area contributed by atoms with Gasteiger partial charge in [0.1, 0.15) is 0 Å². The summed E-state index contributed by atoms with van der Waals surface area (Å²) in [5.41, 5.74) is 0.143. The lowest BCUT2D eigenvalue weighted by Crippen LogP contribution is -2.42. The number of amides is 2. The van der Waals surface area contributed by atoms with Crippen LogP contribution in [-0.2, 0) is 24.3 Å². The lowest BCUT2D eigenvalue weighted by molar-refractivity contribution is -0.143. The number of carbonyl (C=O) groups excluding carboxylic acids is 3. The molecule has 2 saturated heterocycles. The van der Waals surface area contributed by atoms with E-state index in [9.17, 15) is 22.8 Å². The Morgan fingerprint density at radius 3 is 2.28 bits per heavy atom. The molecule has 0 bridgehead atoms. The fourth-order valence-electron chi connectivity index (χ4n) is 3.91. The summed E-state index contributed by atoms with van der Waals surface area (Å²) in [6, 6.07) is 5.50. The fraction of sp³-hybridized carbons (Fsp3) is 0.550. The Labute approximate surface area is 170 Å². The molecule has 29 heavy (non-hydrogen) atoms. The lowest BCUT2D eigenvalue weighted by Gasteiger charge is -2.34. The summed E-state index contributed by atoms with van der Waals surface area (Å²) < 4.78 is 32.2. The minimum Gasteiger partial charge on any atom is -0.452 e. The SMILES string of the molecule is C[C@@H]1C[C@@H](C)CN(S(=O)(=O)c2ccc(C(=O)OCC(=O)N3CCCC3=O)cc2)C1. The molecule has 0 N–H and O–H groups in total. The van der Waals surface area contributed by atoms with Crippen molar-refractivity contribution in [2.75, 3.05) is 26.2 Å². The van der Waals surface area contributed by atoms with Gasteiger partial charge in [0.25, 0.3) is 5.91 Å². The van der Waals surface area contributed by atoms with Crippen LogP contribution in [-0.4, -0.2) is 61.6 Å². The average molecular weight is 423 g/mol. The van der Waals surface area contributed by atoms with E-state index >= 15 is 0 Å². The van der Waals surface area contributed by atoms with E-state index < -0.39 is 28.5 Å². The minimum absolute atomic E-state index is 0.120. The summed E-state index contributed by atoms with van der Waals surface area (Å²) in [5.74, 6) is -0.963. The van der Waals surface area contributed by atoms with Gasteiger partial charge in [-0.15, -0.1) is 0 Å². The molecule has 0 saturated carbocycles. The van der Waals surface area contributed by atoms with E-state index in [1.165, 1.54) is 28.6 Å². The van der Waals surface area contributed by atoms with Crippen LogP contribution < -0.4 is 0 Å². The number of hydrogen-bond donors (Lipinski definition) is 0. The maximum absolute atomic E-state index is 12.9. The van der Waals surface area contributed by atoms with Gasteiger partial charge in [-0.3, -0.25) is 14.5 Å². The molecule has 2 aliphatic heterocycles. The molecule has 2 atom stereocenters. The Hall–Kier alpha value is -2.26. The molecule has 0 aliphatic carbocycles. The molecule has 2 heterocycles. The second-order valence-corrected chi connectivity index (χ2v) is 9.85. The van der Waals surface area contributed by atoms with Gasteiger partial charge < -0.3 is 4.74 Å². The van der Waals surface area contributed by atoms with Gasteiger partial charge >= 0.3 is 5.97 Å². The van der Waals surface area contributed by atoms with Crippen molar-refractivity contribution in [1.82, 2.24) is 9.21 Å². The van der Waals surface area contributed by atoms with Gasteiger partial charge in [0.05, 0.1) is 10.5 Å². The van der Waals surface area contributed by atoms with Gasteiger partial charge in [0, 0.05) is 26.1 Å². The molecule has 0 aromatic heterocycles. The van der Waals surface area contributed by atoms with Crippen LogP contribution in [0.1, 0.15) is 43.5 Å². The number of rotatable bonds is 5. The standard InChI is InChI=1S/C20H26N2O6S/c1-14-10-15(2)12-21(11-14)29(26,27)17-7-5-16(6-8-17)20(25)28-13-19(24)22-9-3-4-18(22)23/h5-8,14-15H,3-4,9-13H2,1-2H3/t14-,15-/m1/s1. The summed E-state index contributed by atoms with van der Waals surface area (Å²) in [7, 11) is -3.63. The molecule has 1 aromatic carbocycles. The molecule has 2 aliphatic rings. The molecular formula is C20H26N2O6S. The summed E-state index contributed by atoms with van der Waals surface area (Å²) in [6.07, 6.45) is 1.94. The van der Waals surface area contributed by atoms with Crippen molar-refractivity contribution >= 4 is 27.8 Å². The highest BCUT2D eigenvalue weighted by Gasteiger charge is 2.32. The molecule has 0 unspecified atom stereocenters. The Bertz CT molecular complexity index is 886. The predicted molar refractivity (Wildman–Crippen MR) is 104 cm³/mol. The molecule has 0 radical (unpaired) electrons. The third-order valence-corrected chi connectivity index (χ3v) is 7.11. The van der Waals surface area contributed by atoms with E-state index in [1.54, 1.807) is 0 Å². The fourth-order valence-corrected chi connectivity index (χ4v) is 5.59. The van der Waals surface area contributed by atoms with Crippen LogP contribution in [0.5, 0.6) is 0 Å². The molecular weight excluding hydrogens is 396 g/mol. The Morgan fingerprint density at radius 1 is 1.10 bits per heavy atom. The monoisotopic (exact) mass is 422 g/mol. The number of ether oxygens (including phenoxy) is 1. The van der Waals surface area contributed by atoms with E-state index in [0.717, 1.165) is 11.3 Å². The van der Waals surface area contributed by atoms with Crippen molar-refractivity contribution in [3.63, 3.8) is 0 Å². The summed E-state index contributed by atoms with van der Waals surface area (Å²) in [4.78, 5) is 36.8.